The molecule has 0 amide bonds. The van der Waals surface area contributed by atoms with E-state index in [1.807, 2.05) is 0 Å². The summed E-state index contributed by atoms with van der Waals surface area (Å²) in [6.07, 6.45) is 0. The van der Waals surface area contributed by atoms with Gasteiger partial charge in [-0.15, -0.1) is 0 Å². The van der Waals surface area contributed by atoms with Crippen molar-refractivity contribution in [1.82, 2.24) is 0 Å². The molecule has 2 aromatic carbocycles. The number of halogens is 2. The fourth-order valence-corrected chi connectivity index (χ4v) is 2.34. The summed E-state index contributed by atoms with van der Waals surface area (Å²) in [5.41, 5.74) is 6.88. The average molecular weight is 325 g/mol. The maximum absolute atomic E-state index is 7.47. The van der Waals surface area contributed by atoms with Crippen LogP contribution in [-0.2, 0) is 6.61 Å². The molecule has 0 atom stereocenters. The van der Waals surface area contributed by atoms with Gasteiger partial charge in [-0.3, -0.25) is 5.41 Å². The Hall–Kier alpha value is -1.91. The summed E-state index contributed by atoms with van der Waals surface area (Å²) in [5, 5.41) is 8.48. The average Bonchev–Trinajstić information content (AvgIpc) is 2.43. The van der Waals surface area contributed by atoms with E-state index in [9.17, 15) is 0 Å². The van der Waals surface area contributed by atoms with E-state index in [0.29, 0.717) is 27.1 Å². The summed E-state index contributed by atoms with van der Waals surface area (Å²) in [6.45, 7) is 0.251. The molecule has 4 nitrogen and oxygen atoms in total. The summed E-state index contributed by atoms with van der Waals surface area (Å²) in [6, 6.07) is 10.2. The van der Waals surface area contributed by atoms with Crippen molar-refractivity contribution in [3.05, 3.63) is 57.6 Å². The molecule has 0 aliphatic heterocycles. The SMILES string of the molecule is COc1ccc(C(=N)N)cc1COc1cc(Cl)cc(Cl)c1. The van der Waals surface area contributed by atoms with E-state index in [-0.39, 0.29) is 12.4 Å². The Balaban J connectivity index is 2.21. The molecular weight excluding hydrogens is 311 g/mol. The molecule has 0 spiro atoms. The molecule has 2 aromatic rings. The van der Waals surface area contributed by atoms with Crippen LogP contribution in [0.1, 0.15) is 11.1 Å². The molecule has 2 rings (SSSR count). The van der Waals surface area contributed by atoms with Crippen LogP contribution >= 0.6 is 23.2 Å². The molecule has 0 aromatic heterocycles. The number of nitrogen functional groups attached to an aromatic ring is 1. The van der Waals surface area contributed by atoms with Crippen LogP contribution in [-0.4, -0.2) is 12.9 Å². The molecule has 0 radical (unpaired) electrons. The molecule has 0 saturated carbocycles. The lowest BCUT2D eigenvalue weighted by Gasteiger charge is -2.12. The van der Waals surface area contributed by atoms with E-state index in [4.69, 9.17) is 43.8 Å². The Bertz CT molecular complexity index is 654. The Labute approximate surface area is 132 Å². The number of hydrogen-bond donors (Lipinski definition) is 2. The van der Waals surface area contributed by atoms with Gasteiger partial charge in [0, 0.05) is 21.2 Å². The van der Waals surface area contributed by atoms with Gasteiger partial charge >= 0.3 is 0 Å². The Morgan fingerprint density at radius 2 is 1.81 bits per heavy atom. The number of nitrogens with two attached hydrogens (primary N) is 1. The number of ether oxygens (including phenoxy) is 2. The van der Waals surface area contributed by atoms with Crippen LogP contribution in [0.25, 0.3) is 0 Å². The number of hydrogen-bond acceptors (Lipinski definition) is 3. The molecule has 0 aliphatic rings. The smallest absolute Gasteiger partial charge is 0.125 e. The highest BCUT2D eigenvalue weighted by atomic mass is 35.5. The second kappa shape index (κ2) is 6.70. The predicted octanol–water partition coefficient (Wildman–Crippen LogP) is 3.87. The molecule has 21 heavy (non-hydrogen) atoms. The number of benzene rings is 2. The Kier molecular flexibility index (Phi) is 4.94. The molecule has 3 N–H and O–H groups in total. The van der Waals surface area contributed by atoms with E-state index in [1.54, 1.807) is 43.5 Å². The van der Waals surface area contributed by atoms with Crippen LogP contribution in [0, 0.1) is 5.41 Å². The fraction of sp³-hybridized carbons (Fsp3) is 0.133. The largest absolute Gasteiger partial charge is 0.496 e. The van der Waals surface area contributed by atoms with Gasteiger partial charge in [0.25, 0.3) is 0 Å². The van der Waals surface area contributed by atoms with Crippen LogP contribution in [0.15, 0.2) is 36.4 Å². The minimum absolute atomic E-state index is 0.00953. The minimum Gasteiger partial charge on any atom is -0.496 e. The third-order valence-electron chi connectivity index (χ3n) is 2.82. The third-order valence-corrected chi connectivity index (χ3v) is 3.26. The van der Waals surface area contributed by atoms with Crippen molar-refractivity contribution in [1.29, 1.82) is 5.41 Å². The summed E-state index contributed by atoms with van der Waals surface area (Å²) < 4.78 is 10.9. The third kappa shape index (κ3) is 4.03. The first kappa shape index (κ1) is 15.5. The lowest BCUT2D eigenvalue weighted by Crippen LogP contribution is -2.12. The van der Waals surface area contributed by atoms with Crippen molar-refractivity contribution in [2.45, 2.75) is 6.61 Å². The number of rotatable bonds is 5. The quantitative estimate of drug-likeness (QED) is 0.648. The lowest BCUT2D eigenvalue weighted by molar-refractivity contribution is 0.296. The summed E-state index contributed by atoms with van der Waals surface area (Å²) in [5.74, 6) is 1.21. The highest BCUT2D eigenvalue weighted by Crippen LogP contribution is 2.26. The van der Waals surface area contributed by atoms with E-state index in [1.165, 1.54) is 0 Å². The van der Waals surface area contributed by atoms with Crippen molar-refractivity contribution in [2.75, 3.05) is 7.11 Å². The summed E-state index contributed by atoms with van der Waals surface area (Å²) >= 11 is 11.8. The molecular formula is C15H14Cl2N2O2. The minimum atomic E-state index is -0.00953. The molecule has 0 fully saturated rings. The normalized spacial score (nSPS) is 10.2. The zero-order chi connectivity index (χ0) is 15.4. The van der Waals surface area contributed by atoms with Crippen LogP contribution in [0.4, 0.5) is 0 Å². The topological polar surface area (TPSA) is 68.3 Å². The molecule has 110 valence electrons. The van der Waals surface area contributed by atoms with Gasteiger partial charge in [0.2, 0.25) is 0 Å². The van der Waals surface area contributed by atoms with Crippen LogP contribution in [0.5, 0.6) is 11.5 Å². The molecule has 0 heterocycles. The lowest BCUT2D eigenvalue weighted by atomic mass is 10.1. The van der Waals surface area contributed by atoms with Gasteiger partial charge in [0.1, 0.15) is 23.9 Å². The number of amidine groups is 1. The molecule has 0 unspecified atom stereocenters. The van der Waals surface area contributed by atoms with Gasteiger partial charge in [-0.2, -0.15) is 0 Å². The molecule has 0 aliphatic carbocycles. The number of nitrogens with one attached hydrogen (secondary N) is 1. The van der Waals surface area contributed by atoms with Crippen molar-refractivity contribution in [3.63, 3.8) is 0 Å². The maximum atomic E-state index is 7.47. The first-order valence-corrected chi connectivity index (χ1v) is 6.85. The first-order chi connectivity index (χ1) is 9.99. The van der Waals surface area contributed by atoms with Gasteiger partial charge in [-0.1, -0.05) is 23.2 Å². The van der Waals surface area contributed by atoms with Crippen LogP contribution in [0.3, 0.4) is 0 Å². The van der Waals surface area contributed by atoms with Gasteiger partial charge in [0.05, 0.1) is 7.11 Å². The standard InChI is InChI=1S/C15H14Cl2N2O2/c1-20-14-3-2-9(15(18)19)4-10(14)8-21-13-6-11(16)5-12(17)7-13/h2-7H,8H2,1H3,(H3,18,19). The highest BCUT2D eigenvalue weighted by molar-refractivity contribution is 6.34. The van der Waals surface area contributed by atoms with Crippen molar-refractivity contribution in [2.24, 2.45) is 5.73 Å². The Morgan fingerprint density at radius 3 is 2.38 bits per heavy atom. The van der Waals surface area contributed by atoms with Gasteiger partial charge in [-0.05, 0) is 36.4 Å². The van der Waals surface area contributed by atoms with Gasteiger partial charge in [-0.25, -0.2) is 0 Å². The predicted molar refractivity (Wildman–Crippen MR) is 84.8 cm³/mol. The number of methoxy groups -OCH3 is 1. The van der Waals surface area contributed by atoms with Crippen molar-refractivity contribution in [3.8, 4) is 11.5 Å². The van der Waals surface area contributed by atoms with E-state index in [2.05, 4.69) is 0 Å². The van der Waals surface area contributed by atoms with Crippen molar-refractivity contribution < 1.29 is 9.47 Å². The van der Waals surface area contributed by atoms with Crippen LogP contribution < -0.4 is 15.2 Å². The van der Waals surface area contributed by atoms with Gasteiger partial charge < -0.3 is 15.2 Å². The van der Waals surface area contributed by atoms with E-state index < -0.39 is 0 Å². The van der Waals surface area contributed by atoms with Crippen molar-refractivity contribution >= 4 is 29.0 Å². The van der Waals surface area contributed by atoms with Gasteiger partial charge in [0.15, 0.2) is 0 Å². The molecule has 0 bridgehead atoms. The van der Waals surface area contributed by atoms with E-state index in [0.717, 1.165) is 5.56 Å². The maximum Gasteiger partial charge on any atom is 0.125 e. The first-order valence-electron chi connectivity index (χ1n) is 6.10. The second-order valence-electron chi connectivity index (χ2n) is 4.33. The highest BCUT2D eigenvalue weighted by Gasteiger charge is 2.08. The zero-order valence-electron chi connectivity index (χ0n) is 11.3. The van der Waals surface area contributed by atoms with E-state index >= 15 is 0 Å². The van der Waals surface area contributed by atoms with Crippen LogP contribution in [0.2, 0.25) is 10.0 Å². The molecule has 6 heteroatoms. The summed E-state index contributed by atoms with van der Waals surface area (Å²) in [4.78, 5) is 0. The second-order valence-corrected chi connectivity index (χ2v) is 5.21. The molecule has 0 saturated heterocycles. The Morgan fingerprint density at radius 1 is 1.14 bits per heavy atom. The zero-order valence-corrected chi connectivity index (χ0v) is 12.8. The fourth-order valence-electron chi connectivity index (χ4n) is 1.83. The summed E-state index contributed by atoms with van der Waals surface area (Å²) in [7, 11) is 1.57. The monoisotopic (exact) mass is 324 g/mol.